The minimum absolute atomic E-state index is 0.603. The van der Waals surface area contributed by atoms with Gasteiger partial charge in [-0.25, -0.2) is 0 Å². The molecule has 0 saturated carbocycles. The van der Waals surface area contributed by atoms with E-state index in [0.717, 1.165) is 17.5 Å². The summed E-state index contributed by atoms with van der Waals surface area (Å²) in [5, 5.41) is 0. The lowest BCUT2D eigenvalue weighted by Crippen LogP contribution is -1.97. The monoisotopic (exact) mass is 284 g/mol. The molecule has 0 unspecified atom stereocenters. The number of ether oxygens (including phenoxy) is 3. The highest BCUT2D eigenvalue weighted by Gasteiger charge is 2.16. The van der Waals surface area contributed by atoms with Crippen molar-refractivity contribution in [2.45, 2.75) is 6.42 Å². The van der Waals surface area contributed by atoms with Gasteiger partial charge in [0.1, 0.15) is 0 Å². The van der Waals surface area contributed by atoms with Crippen LogP contribution in [0.3, 0.4) is 0 Å². The maximum absolute atomic E-state index is 5.54. The van der Waals surface area contributed by atoms with Crippen LogP contribution in [-0.4, -0.2) is 21.3 Å². The average molecular weight is 284 g/mol. The molecule has 0 amide bonds. The first kappa shape index (κ1) is 15.0. The molecular weight excluding hydrogens is 264 g/mol. The smallest absolute Gasteiger partial charge is 0.203 e. The van der Waals surface area contributed by atoms with E-state index in [0.29, 0.717) is 17.2 Å². The third-order valence-electron chi connectivity index (χ3n) is 3.32. The van der Waals surface area contributed by atoms with E-state index in [-0.39, 0.29) is 0 Å². The summed E-state index contributed by atoms with van der Waals surface area (Å²) in [4.78, 5) is 0. The quantitative estimate of drug-likeness (QED) is 0.747. The topological polar surface area (TPSA) is 27.7 Å². The Labute approximate surface area is 125 Å². The predicted molar refractivity (Wildman–Crippen MR) is 85.4 cm³/mol. The van der Waals surface area contributed by atoms with Crippen LogP contribution in [0.4, 0.5) is 0 Å². The molecule has 0 aliphatic carbocycles. The van der Waals surface area contributed by atoms with Crippen LogP contribution in [0.5, 0.6) is 17.2 Å². The van der Waals surface area contributed by atoms with Crippen LogP contribution in [0.25, 0.3) is 11.1 Å². The first-order chi connectivity index (χ1) is 10.2. The van der Waals surface area contributed by atoms with Gasteiger partial charge in [0.25, 0.3) is 0 Å². The first-order valence-corrected chi connectivity index (χ1v) is 6.74. The van der Waals surface area contributed by atoms with Gasteiger partial charge in [0.2, 0.25) is 5.75 Å². The summed E-state index contributed by atoms with van der Waals surface area (Å²) in [6.07, 6.45) is 2.73. The first-order valence-electron chi connectivity index (χ1n) is 6.74. The van der Waals surface area contributed by atoms with Crippen LogP contribution in [0.1, 0.15) is 5.56 Å². The van der Waals surface area contributed by atoms with Gasteiger partial charge in [0, 0.05) is 5.56 Å². The standard InChI is InChI=1S/C18H20O3/c1-5-7-13-8-6-9-14(12-13)15-10-11-16(19-2)18(21-4)17(15)20-3/h5-6,8-12H,1,7H2,2-4H3. The molecule has 0 N–H and O–H groups in total. The lowest BCUT2D eigenvalue weighted by Gasteiger charge is -2.16. The largest absolute Gasteiger partial charge is 0.493 e. The van der Waals surface area contributed by atoms with Crippen LogP contribution < -0.4 is 14.2 Å². The Balaban J connectivity index is 2.58. The van der Waals surface area contributed by atoms with Crippen molar-refractivity contribution in [3.05, 3.63) is 54.6 Å². The predicted octanol–water partition coefficient (Wildman–Crippen LogP) is 4.11. The minimum atomic E-state index is 0.603. The molecule has 0 aromatic heterocycles. The van der Waals surface area contributed by atoms with Gasteiger partial charge in [0.15, 0.2) is 11.5 Å². The van der Waals surface area contributed by atoms with E-state index in [1.54, 1.807) is 21.3 Å². The zero-order valence-corrected chi connectivity index (χ0v) is 12.7. The van der Waals surface area contributed by atoms with Crippen molar-refractivity contribution in [3.8, 4) is 28.4 Å². The molecular formula is C18H20O3. The second-order valence-corrected chi connectivity index (χ2v) is 4.58. The zero-order valence-electron chi connectivity index (χ0n) is 12.7. The second-order valence-electron chi connectivity index (χ2n) is 4.58. The summed E-state index contributed by atoms with van der Waals surface area (Å²) in [5.74, 6) is 1.93. The van der Waals surface area contributed by atoms with Crippen LogP contribution in [0, 0.1) is 0 Å². The van der Waals surface area contributed by atoms with Crippen LogP contribution in [-0.2, 0) is 6.42 Å². The van der Waals surface area contributed by atoms with Crippen molar-refractivity contribution < 1.29 is 14.2 Å². The van der Waals surface area contributed by atoms with E-state index in [9.17, 15) is 0 Å². The molecule has 2 rings (SSSR count). The number of hydrogen-bond acceptors (Lipinski definition) is 3. The molecule has 3 nitrogen and oxygen atoms in total. The maximum atomic E-state index is 5.54. The van der Waals surface area contributed by atoms with Crippen LogP contribution >= 0.6 is 0 Å². The normalized spacial score (nSPS) is 10.0. The van der Waals surface area contributed by atoms with E-state index in [1.807, 2.05) is 24.3 Å². The molecule has 0 atom stereocenters. The van der Waals surface area contributed by atoms with Gasteiger partial charge in [-0.2, -0.15) is 0 Å². The molecule has 0 fully saturated rings. The number of benzene rings is 2. The van der Waals surface area contributed by atoms with E-state index in [1.165, 1.54) is 5.56 Å². The van der Waals surface area contributed by atoms with Crippen molar-refractivity contribution in [3.63, 3.8) is 0 Å². The zero-order chi connectivity index (χ0) is 15.2. The highest BCUT2D eigenvalue weighted by Crippen LogP contribution is 2.44. The molecule has 2 aromatic carbocycles. The Hall–Kier alpha value is -2.42. The van der Waals surface area contributed by atoms with Crippen molar-refractivity contribution in [2.24, 2.45) is 0 Å². The number of hydrogen-bond donors (Lipinski definition) is 0. The third-order valence-corrected chi connectivity index (χ3v) is 3.32. The van der Waals surface area contributed by atoms with Crippen molar-refractivity contribution in [2.75, 3.05) is 21.3 Å². The summed E-state index contributed by atoms with van der Waals surface area (Å²) in [7, 11) is 4.86. The maximum Gasteiger partial charge on any atom is 0.203 e. The number of allylic oxidation sites excluding steroid dienone is 1. The molecule has 2 aromatic rings. The Morgan fingerprint density at radius 3 is 2.33 bits per heavy atom. The van der Waals surface area contributed by atoms with Gasteiger partial charge in [-0.3, -0.25) is 0 Å². The molecule has 0 saturated heterocycles. The van der Waals surface area contributed by atoms with Gasteiger partial charge in [-0.15, -0.1) is 6.58 Å². The van der Waals surface area contributed by atoms with Crippen LogP contribution in [0.15, 0.2) is 49.1 Å². The lowest BCUT2D eigenvalue weighted by molar-refractivity contribution is 0.325. The van der Waals surface area contributed by atoms with Crippen molar-refractivity contribution in [1.29, 1.82) is 0 Å². The third kappa shape index (κ3) is 3.02. The van der Waals surface area contributed by atoms with Gasteiger partial charge < -0.3 is 14.2 Å². The molecule has 3 heteroatoms. The SMILES string of the molecule is C=CCc1cccc(-c2ccc(OC)c(OC)c2OC)c1. The molecule has 0 spiro atoms. The summed E-state index contributed by atoms with van der Waals surface area (Å²) in [6.45, 7) is 3.78. The Morgan fingerprint density at radius 2 is 1.71 bits per heavy atom. The van der Waals surface area contributed by atoms with E-state index < -0.39 is 0 Å². The fourth-order valence-corrected chi connectivity index (χ4v) is 2.36. The Kier molecular flexibility index (Phi) is 4.88. The molecule has 21 heavy (non-hydrogen) atoms. The van der Waals surface area contributed by atoms with Gasteiger partial charge >= 0.3 is 0 Å². The molecule has 0 radical (unpaired) electrons. The Morgan fingerprint density at radius 1 is 0.952 bits per heavy atom. The highest BCUT2D eigenvalue weighted by molar-refractivity contribution is 5.76. The summed E-state index contributed by atoms with van der Waals surface area (Å²) < 4.78 is 16.3. The summed E-state index contributed by atoms with van der Waals surface area (Å²) in [5.41, 5.74) is 3.26. The molecule has 0 heterocycles. The molecule has 0 aliphatic heterocycles. The summed E-state index contributed by atoms with van der Waals surface area (Å²) in [6, 6.07) is 12.2. The van der Waals surface area contributed by atoms with Crippen LogP contribution in [0.2, 0.25) is 0 Å². The molecule has 0 bridgehead atoms. The lowest BCUT2D eigenvalue weighted by atomic mass is 10.00. The van der Waals surface area contributed by atoms with E-state index in [2.05, 4.69) is 24.8 Å². The van der Waals surface area contributed by atoms with Gasteiger partial charge in [0.05, 0.1) is 21.3 Å². The van der Waals surface area contributed by atoms with Gasteiger partial charge in [-0.1, -0.05) is 30.3 Å². The highest BCUT2D eigenvalue weighted by atomic mass is 16.5. The molecule has 0 aliphatic rings. The fraction of sp³-hybridized carbons (Fsp3) is 0.222. The van der Waals surface area contributed by atoms with Crippen molar-refractivity contribution in [1.82, 2.24) is 0 Å². The number of methoxy groups -OCH3 is 3. The minimum Gasteiger partial charge on any atom is -0.493 e. The van der Waals surface area contributed by atoms with Crippen molar-refractivity contribution >= 4 is 0 Å². The summed E-state index contributed by atoms with van der Waals surface area (Å²) >= 11 is 0. The molecule has 110 valence electrons. The fourth-order valence-electron chi connectivity index (χ4n) is 2.36. The number of rotatable bonds is 6. The Bertz CT molecular complexity index is 632. The van der Waals surface area contributed by atoms with E-state index >= 15 is 0 Å². The second kappa shape index (κ2) is 6.84. The average Bonchev–Trinajstić information content (AvgIpc) is 2.53. The van der Waals surface area contributed by atoms with E-state index in [4.69, 9.17) is 14.2 Å². The van der Waals surface area contributed by atoms with Gasteiger partial charge in [-0.05, 0) is 29.7 Å².